The van der Waals surface area contributed by atoms with Gasteiger partial charge in [0.15, 0.2) is 5.82 Å². The molecule has 1 atom stereocenters. The summed E-state index contributed by atoms with van der Waals surface area (Å²) in [6.07, 6.45) is 0. The molecule has 1 heterocycles. The van der Waals surface area contributed by atoms with Gasteiger partial charge in [0.1, 0.15) is 11.5 Å². The lowest BCUT2D eigenvalue weighted by atomic mass is 10.1. The number of nitrogens with one attached hydrogen (secondary N) is 3. The molecule has 0 saturated carbocycles. The van der Waals surface area contributed by atoms with E-state index in [9.17, 15) is 19.6 Å². The number of nitro benzene ring substituents is 1. The average Bonchev–Trinajstić information content (AvgIpc) is 3.05. The second kappa shape index (κ2) is 7.83. The zero-order chi connectivity index (χ0) is 19.4. The average molecular weight is 371 g/mol. The van der Waals surface area contributed by atoms with Crippen LogP contribution in [-0.2, 0) is 0 Å². The third-order valence-corrected chi connectivity index (χ3v) is 3.96. The van der Waals surface area contributed by atoms with Crippen molar-refractivity contribution in [2.45, 2.75) is 13.0 Å². The van der Waals surface area contributed by atoms with Crippen molar-refractivity contribution >= 4 is 22.9 Å². The summed E-state index contributed by atoms with van der Waals surface area (Å²) in [5.74, 6) is 0.0801. The van der Waals surface area contributed by atoms with Crippen molar-refractivity contribution in [3.8, 4) is 0 Å². The van der Waals surface area contributed by atoms with Crippen molar-refractivity contribution in [2.24, 2.45) is 0 Å². The maximum absolute atomic E-state index is 13.1. The van der Waals surface area contributed by atoms with E-state index in [1.807, 2.05) is 6.92 Å². The molecule has 0 aliphatic rings. The largest absolute Gasteiger partial charge is 0.394 e. The smallest absolute Gasteiger partial charge is 0.292 e. The second-order valence-corrected chi connectivity index (χ2v) is 5.98. The summed E-state index contributed by atoms with van der Waals surface area (Å²) in [5.41, 5.74) is 2.20. The van der Waals surface area contributed by atoms with Crippen LogP contribution >= 0.6 is 0 Å². The number of H-pyrrole nitrogens is 1. The Hall–Kier alpha value is -3.46. The molecule has 0 fully saturated rings. The van der Waals surface area contributed by atoms with Gasteiger partial charge >= 0.3 is 0 Å². The SMILES string of the molecule is Cc1cc(Nc2cc(N[C@@H](CO)c3ccc(F)cc3)ccc2[N+](=O)[O-])n[nH]1. The lowest BCUT2D eigenvalue weighted by Gasteiger charge is -2.18. The minimum absolute atomic E-state index is 0.108. The molecule has 0 unspecified atom stereocenters. The van der Waals surface area contributed by atoms with Crippen molar-refractivity contribution in [1.82, 2.24) is 10.2 Å². The monoisotopic (exact) mass is 371 g/mol. The molecule has 8 nitrogen and oxygen atoms in total. The zero-order valence-electron chi connectivity index (χ0n) is 14.4. The number of aromatic amines is 1. The summed E-state index contributed by atoms with van der Waals surface area (Å²) in [6.45, 7) is 1.59. The molecule has 0 aliphatic heterocycles. The highest BCUT2D eigenvalue weighted by atomic mass is 19.1. The van der Waals surface area contributed by atoms with E-state index in [0.29, 0.717) is 17.1 Å². The number of nitrogens with zero attached hydrogens (tertiary/aromatic N) is 2. The number of aliphatic hydroxyl groups excluding tert-OH is 1. The van der Waals surface area contributed by atoms with Gasteiger partial charge in [-0.2, -0.15) is 5.10 Å². The number of anilines is 3. The molecule has 0 bridgehead atoms. The van der Waals surface area contributed by atoms with Gasteiger partial charge in [0.25, 0.3) is 5.69 Å². The molecular weight excluding hydrogens is 353 g/mol. The van der Waals surface area contributed by atoms with Gasteiger partial charge < -0.3 is 15.7 Å². The van der Waals surface area contributed by atoms with E-state index in [-0.39, 0.29) is 23.8 Å². The van der Waals surface area contributed by atoms with E-state index in [1.54, 1.807) is 30.3 Å². The zero-order valence-corrected chi connectivity index (χ0v) is 14.4. The fourth-order valence-corrected chi connectivity index (χ4v) is 2.64. The molecule has 0 amide bonds. The van der Waals surface area contributed by atoms with Crippen LogP contribution in [0.3, 0.4) is 0 Å². The molecular formula is C18H18FN5O3. The summed E-state index contributed by atoms with van der Waals surface area (Å²) in [4.78, 5) is 10.8. The summed E-state index contributed by atoms with van der Waals surface area (Å²) >= 11 is 0. The number of benzene rings is 2. The Kier molecular flexibility index (Phi) is 5.32. The van der Waals surface area contributed by atoms with Gasteiger partial charge in [-0.15, -0.1) is 0 Å². The Morgan fingerprint density at radius 1 is 1.26 bits per heavy atom. The molecule has 3 aromatic rings. The van der Waals surface area contributed by atoms with Crippen LogP contribution in [0.5, 0.6) is 0 Å². The Balaban J connectivity index is 1.87. The maximum Gasteiger partial charge on any atom is 0.292 e. The van der Waals surface area contributed by atoms with Crippen molar-refractivity contribution in [3.63, 3.8) is 0 Å². The number of hydrogen-bond donors (Lipinski definition) is 4. The van der Waals surface area contributed by atoms with Gasteiger partial charge in [0.2, 0.25) is 0 Å². The summed E-state index contributed by atoms with van der Waals surface area (Å²) in [5, 5.41) is 33.8. The number of aliphatic hydroxyl groups is 1. The van der Waals surface area contributed by atoms with Crippen LogP contribution in [0.1, 0.15) is 17.3 Å². The van der Waals surface area contributed by atoms with Gasteiger partial charge in [-0.1, -0.05) is 12.1 Å². The number of nitro groups is 1. The van der Waals surface area contributed by atoms with Crippen LogP contribution in [0.2, 0.25) is 0 Å². The Bertz CT molecular complexity index is 942. The molecule has 140 valence electrons. The first-order chi connectivity index (χ1) is 13.0. The Morgan fingerprint density at radius 3 is 2.59 bits per heavy atom. The predicted octanol–water partition coefficient (Wildman–Crippen LogP) is 3.65. The van der Waals surface area contributed by atoms with E-state index >= 15 is 0 Å². The molecule has 0 spiro atoms. The highest BCUT2D eigenvalue weighted by Gasteiger charge is 2.17. The lowest BCUT2D eigenvalue weighted by Crippen LogP contribution is -2.15. The van der Waals surface area contributed by atoms with Crippen LogP contribution in [0.25, 0.3) is 0 Å². The number of rotatable bonds is 7. The van der Waals surface area contributed by atoms with Crippen molar-refractivity contribution in [2.75, 3.05) is 17.2 Å². The van der Waals surface area contributed by atoms with E-state index in [2.05, 4.69) is 20.8 Å². The third-order valence-electron chi connectivity index (χ3n) is 3.96. The standard InChI is InChI=1S/C18H18FN5O3/c1-11-8-18(23-22-11)21-15-9-14(6-7-17(15)24(26)27)20-16(10-25)12-2-4-13(19)5-3-12/h2-9,16,20,25H,10H2,1H3,(H2,21,22,23)/t16-/m0/s1. The van der Waals surface area contributed by atoms with Crippen LogP contribution in [0.15, 0.2) is 48.5 Å². The molecule has 0 aliphatic carbocycles. The fourth-order valence-electron chi connectivity index (χ4n) is 2.64. The number of hydrogen-bond acceptors (Lipinski definition) is 6. The minimum atomic E-state index is -0.493. The third kappa shape index (κ3) is 4.39. The summed E-state index contributed by atoms with van der Waals surface area (Å²) in [7, 11) is 0. The first-order valence-corrected chi connectivity index (χ1v) is 8.16. The lowest BCUT2D eigenvalue weighted by molar-refractivity contribution is -0.383. The van der Waals surface area contributed by atoms with E-state index in [0.717, 1.165) is 5.69 Å². The summed E-state index contributed by atoms with van der Waals surface area (Å²) < 4.78 is 13.1. The molecule has 0 radical (unpaired) electrons. The highest BCUT2D eigenvalue weighted by Crippen LogP contribution is 2.31. The van der Waals surface area contributed by atoms with E-state index in [1.165, 1.54) is 18.2 Å². The predicted molar refractivity (Wildman–Crippen MR) is 99.6 cm³/mol. The van der Waals surface area contributed by atoms with Crippen molar-refractivity contribution in [1.29, 1.82) is 0 Å². The van der Waals surface area contributed by atoms with Crippen LogP contribution in [0, 0.1) is 22.9 Å². The van der Waals surface area contributed by atoms with Gasteiger partial charge in [-0.3, -0.25) is 15.2 Å². The Morgan fingerprint density at radius 2 is 2.00 bits per heavy atom. The summed E-state index contributed by atoms with van der Waals surface area (Å²) in [6, 6.07) is 11.5. The highest BCUT2D eigenvalue weighted by molar-refractivity contribution is 5.73. The van der Waals surface area contributed by atoms with Crippen LogP contribution in [-0.4, -0.2) is 26.8 Å². The van der Waals surface area contributed by atoms with Gasteiger partial charge in [0, 0.05) is 23.5 Å². The maximum atomic E-state index is 13.1. The first kappa shape index (κ1) is 18.3. The van der Waals surface area contributed by atoms with E-state index in [4.69, 9.17) is 0 Å². The van der Waals surface area contributed by atoms with Gasteiger partial charge in [-0.05, 0) is 36.8 Å². The van der Waals surface area contributed by atoms with Crippen molar-refractivity contribution < 1.29 is 14.4 Å². The van der Waals surface area contributed by atoms with Gasteiger partial charge in [-0.25, -0.2) is 4.39 Å². The Labute approximate surface area is 154 Å². The van der Waals surface area contributed by atoms with E-state index < -0.39 is 11.0 Å². The second-order valence-electron chi connectivity index (χ2n) is 5.98. The minimum Gasteiger partial charge on any atom is -0.394 e. The fraction of sp³-hybridized carbons (Fsp3) is 0.167. The number of halogens is 1. The molecule has 0 saturated heterocycles. The number of aromatic nitrogens is 2. The van der Waals surface area contributed by atoms with Crippen molar-refractivity contribution in [3.05, 3.63) is 75.7 Å². The molecule has 27 heavy (non-hydrogen) atoms. The number of aryl methyl sites for hydroxylation is 1. The topological polar surface area (TPSA) is 116 Å². The molecule has 9 heteroatoms. The van der Waals surface area contributed by atoms with Crippen LogP contribution < -0.4 is 10.6 Å². The molecule has 4 N–H and O–H groups in total. The first-order valence-electron chi connectivity index (χ1n) is 8.16. The van der Waals surface area contributed by atoms with Crippen LogP contribution in [0.4, 0.5) is 27.3 Å². The van der Waals surface area contributed by atoms with Gasteiger partial charge in [0.05, 0.1) is 17.6 Å². The molecule has 3 rings (SSSR count). The molecule has 1 aromatic heterocycles. The molecule has 2 aromatic carbocycles. The normalized spacial score (nSPS) is 11.8. The quantitative estimate of drug-likeness (QED) is 0.372.